The summed E-state index contributed by atoms with van der Waals surface area (Å²) in [7, 11) is 0. The molecule has 1 aliphatic rings. The molecular weight excluding hydrogens is 568 g/mol. The maximum atomic E-state index is 11.7. The van der Waals surface area contributed by atoms with Crippen LogP contribution in [0.15, 0.2) is 113 Å². The number of rotatable bonds is 8. The molecule has 0 bridgehead atoms. The summed E-state index contributed by atoms with van der Waals surface area (Å²) >= 11 is 0. The van der Waals surface area contributed by atoms with Crippen LogP contribution in [0.4, 0.5) is 0 Å². The Morgan fingerprint density at radius 1 is 0.500 bits per heavy atom. The zero-order chi connectivity index (χ0) is 33.1. The first kappa shape index (κ1) is 36.0. The van der Waals surface area contributed by atoms with Crippen molar-refractivity contribution in [2.75, 3.05) is 0 Å². The van der Waals surface area contributed by atoms with Crippen molar-refractivity contribution in [2.24, 2.45) is 0 Å². The highest BCUT2D eigenvalue weighted by atomic mass is 16.1. The highest BCUT2D eigenvalue weighted by Gasteiger charge is 2.08. The Bertz CT molecular complexity index is 1710. The van der Waals surface area contributed by atoms with E-state index in [1.165, 1.54) is 24.8 Å². The molecule has 0 atom stereocenters. The molecule has 0 radical (unpaired) electrons. The standard InChI is InChI=1S/2C13H15NO.C10H8O.C5H12/c2*1-2-3-10-14-12-7-5-4-6-11(12)8-9-13(14)15;11-10-6-5-8-3-1-2-4-9(8)7-10;1-3-5-4-2/h2*4-9H,2-3,10H2,1H3;1-6H,7H2;3-5H2,1-2H3. The number of pyridine rings is 2. The van der Waals surface area contributed by atoms with Gasteiger partial charge < -0.3 is 9.13 Å². The van der Waals surface area contributed by atoms with Crippen molar-refractivity contribution >= 4 is 33.7 Å². The average Bonchev–Trinajstić information content (AvgIpc) is 3.08. The molecule has 0 saturated carbocycles. The molecule has 5 nitrogen and oxygen atoms in total. The number of carbonyl (C=O) groups is 1. The van der Waals surface area contributed by atoms with Crippen molar-refractivity contribution in [3.8, 4) is 0 Å². The SMILES string of the molecule is CCCCC.CCCCn1c(=O)ccc2ccccc21.CCCCn1c(=O)ccc2ccccc21.O=C1C=Cc2ccccc2C1. The maximum absolute atomic E-state index is 11.7. The molecule has 0 unspecified atom stereocenters. The van der Waals surface area contributed by atoms with Gasteiger partial charge in [-0.15, -0.1) is 0 Å². The minimum Gasteiger partial charge on any atom is -0.308 e. The first-order valence-corrected chi connectivity index (χ1v) is 16.9. The van der Waals surface area contributed by atoms with Crippen molar-refractivity contribution < 1.29 is 4.79 Å². The molecule has 0 aliphatic heterocycles. The summed E-state index contributed by atoms with van der Waals surface area (Å²) in [6, 6.07) is 31.1. The van der Waals surface area contributed by atoms with Crippen LogP contribution in [-0.4, -0.2) is 14.9 Å². The number of para-hydroxylation sites is 2. The lowest BCUT2D eigenvalue weighted by atomic mass is 9.97. The van der Waals surface area contributed by atoms with E-state index >= 15 is 0 Å². The predicted molar refractivity (Wildman–Crippen MR) is 196 cm³/mol. The van der Waals surface area contributed by atoms with E-state index < -0.39 is 0 Å². The number of hydrogen-bond donors (Lipinski definition) is 0. The molecule has 0 N–H and O–H groups in total. The molecule has 6 rings (SSSR count). The fourth-order valence-corrected chi connectivity index (χ4v) is 5.22. The van der Waals surface area contributed by atoms with Crippen LogP contribution in [0, 0.1) is 0 Å². The van der Waals surface area contributed by atoms with Gasteiger partial charge in [0.25, 0.3) is 11.1 Å². The van der Waals surface area contributed by atoms with E-state index in [-0.39, 0.29) is 16.9 Å². The van der Waals surface area contributed by atoms with Crippen LogP contribution in [0.2, 0.25) is 0 Å². The Morgan fingerprint density at radius 2 is 0.957 bits per heavy atom. The molecule has 46 heavy (non-hydrogen) atoms. The van der Waals surface area contributed by atoms with Crippen LogP contribution >= 0.6 is 0 Å². The van der Waals surface area contributed by atoms with Gasteiger partial charge in [-0.1, -0.05) is 127 Å². The lowest BCUT2D eigenvalue weighted by Crippen LogP contribution is -2.19. The van der Waals surface area contributed by atoms with Crippen molar-refractivity contribution in [3.05, 3.63) is 135 Å². The summed E-state index contributed by atoms with van der Waals surface area (Å²) < 4.78 is 3.72. The van der Waals surface area contributed by atoms with Gasteiger partial charge in [0.2, 0.25) is 0 Å². The number of allylic oxidation sites excluding steroid dienone is 1. The molecule has 0 fully saturated rings. The normalized spacial score (nSPS) is 11.4. The third-order valence-electron chi connectivity index (χ3n) is 7.84. The number of carbonyl (C=O) groups excluding carboxylic acids is 1. The second-order valence-corrected chi connectivity index (χ2v) is 11.5. The van der Waals surface area contributed by atoms with Crippen LogP contribution in [0.5, 0.6) is 0 Å². The minimum absolute atomic E-state index is 0.0992. The van der Waals surface area contributed by atoms with Crippen LogP contribution in [-0.2, 0) is 24.3 Å². The Hall–Kier alpha value is -4.51. The Balaban J connectivity index is 0.000000177. The van der Waals surface area contributed by atoms with E-state index in [4.69, 9.17) is 0 Å². The molecule has 0 amide bonds. The highest BCUT2D eigenvalue weighted by molar-refractivity contribution is 5.98. The third-order valence-corrected chi connectivity index (χ3v) is 7.84. The van der Waals surface area contributed by atoms with E-state index in [0.717, 1.165) is 66.1 Å². The lowest BCUT2D eigenvalue weighted by molar-refractivity contribution is -0.114. The monoisotopic (exact) mass is 618 g/mol. The van der Waals surface area contributed by atoms with Gasteiger partial charge in [0.05, 0.1) is 11.0 Å². The summed E-state index contributed by atoms with van der Waals surface area (Å²) in [5.74, 6) is 0.198. The number of benzene rings is 3. The molecule has 242 valence electrons. The zero-order valence-corrected chi connectivity index (χ0v) is 28.1. The summed E-state index contributed by atoms with van der Waals surface area (Å²) in [6.07, 6.45) is 12.5. The van der Waals surface area contributed by atoms with Crippen molar-refractivity contribution in [1.82, 2.24) is 9.13 Å². The van der Waals surface area contributed by atoms with E-state index in [9.17, 15) is 14.4 Å². The Labute approximate surface area is 274 Å². The molecule has 5 heteroatoms. The van der Waals surface area contributed by atoms with Crippen LogP contribution in [0.3, 0.4) is 0 Å². The zero-order valence-electron chi connectivity index (χ0n) is 28.1. The van der Waals surface area contributed by atoms with Gasteiger partial charge in [-0.2, -0.15) is 0 Å². The van der Waals surface area contributed by atoms with Crippen LogP contribution in [0.25, 0.3) is 27.9 Å². The highest BCUT2D eigenvalue weighted by Crippen LogP contribution is 2.16. The van der Waals surface area contributed by atoms with Gasteiger partial charge in [-0.25, -0.2) is 0 Å². The number of ketones is 1. The van der Waals surface area contributed by atoms with Crippen molar-refractivity contribution in [2.45, 2.75) is 92.2 Å². The summed E-state index contributed by atoms with van der Waals surface area (Å²) in [5, 5.41) is 2.27. The number of aromatic nitrogens is 2. The van der Waals surface area contributed by atoms with E-state index in [1.54, 1.807) is 18.2 Å². The average molecular weight is 619 g/mol. The van der Waals surface area contributed by atoms with Crippen molar-refractivity contribution in [3.63, 3.8) is 0 Å². The number of fused-ring (bicyclic) bond motifs is 3. The molecule has 5 aromatic rings. The van der Waals surface area contributed by atoms with Gasteiger partial charge >= 0.3 is 0 Å². The van der Waals surface area contributed by atoms with Gasteiger partial charge in [0.15, 0.2) is 5.78 Å². The number of nitrogens with zero attached hydrogens (tertiary/aromatic N) is 2. The van der Waals surface area contributed by atoms with Gasteiger partial charge in [0, 0.05) is 31.6 Å². The fraction of sp³-hybridized carbons (Fsp3) is 0.341. The van der Waals surface area contributed by atoms with Gasteiger partial charge in [-0.05, 0) is 65.1 Å². The molecule has 2 heterocycles. The molecule has 0 saturated heterocycles. The molecule has 0 spiro atoms. The van der Waals surface area contributed by atoms with Crippen LogP contribution < -0.4 is 11.1 Å². The predicted octanol–water partition coefficient (Wildman–Crippen LogP) is 9.62. The summed E-state index contributed by atoms with van der Waals surface area (Å²) in [5.41, 5.74) is 4.59. The largest absolute Gasteiger partial charge is 0.308 e. The quantitative estimate of drug-likeness (QED) is 0.174. The van der Waals surface area contributed by atoms with E-state index in [0.29, 0.717) is 6.42 Å². The molecule has 3 aromatic carbocycles. The first-order valence-electron chi connectivity index (χ1n) is 16.9. The van der Waals surface area contributed by atoms with Crippen LogP contribution in [0.1, 0.15) is 83.8 Å². The minimum atomic E-state index is 0.0992. The fourth-order valence-electron chi connectivity index (χ4n) is 5.22. The van der Waals surface area contributed by atoms with Crippen molar-refractivity contribution in [1.29, 1.82) is 0 Å². The third kappa shape index (κ3) is 10.8. The first-order chi connectivity index (χ1) is 22.4. The Morgan fingerprint density at radius 3 is 1.43 bits per heavy atom. The van der Waals surface area contributed by atoms with E-state index in [2.05, 4.69) is 27.7 Å². The Kier molecular flexibility index (Phi) is 15.5. The summed E-state index contributed by atoms with van der Waals surface area (Å²) in [4.78, 5) is 34.3. The maximum Gasteiger partial charge on any atom is 0.251 e. The topological polar surface area (TPSA) is 61.1 Å². The number of hydrogen-bond acceptors (Lipinski definition) is 3. The van der Waals surface area contributed by atoms with Gasteiger partial charge in [-0.3, -0.25) is 14.4 Å². The van der Waals surface area contributed by atoms with E-state index in [1.807, 2.05) is 100 Å². The number of unbranched alkanes of at least 4 members (excludes halogenated alkanes) is 4. The van der Waals surface area contributed by atoms with Gasteiger partial charge in [0.1, 0.15) is 0 Å². The second kappa shape index (κ2) is 19.8. The smallest absolute Gasteiger partial charge is 0.251 e. The second-order valence-electron chi connectivity index (χ2n) is 11.5. The molecule has 2 aromatic heterocycles. The summed E-state index contributed by atoms with van der Waals surface area (Å²) in [6.45, 7) is 10.3. The molecular formula is C41H50N2O3. The number of aryl methyl sites for hydroxylation is 2. The molecule has 1 aliphatic carbocycles. The lowest BCUT2D eigenvalue weighted by Gasteiger charge is -2.08.